The Bertz CT molecular complexity index is 772. The van der Waals surface area contributed by atoms with Crippen LogP contribution >= 0.6 is 0 Å². The standard InChI is InChI=1S/C13H9.C5H5.C3H6.2ClH.Hf/c1-3-7-12-10(5-1)9-11-6-2-4-8-13(11)12;1-2-4-5-3-1;1-3-2;;;/h1-9H;1-5H;1-2H3;2*1H;/q;;;;;+2/p-2. The zero-order chi connectivity index (χ0) is 15.1. The van der Waals surface area contributed by atoms with Gasteiger partial charge in [0.15, 0.2) is 0 Å². The molecule has 0 heterocycles. The van der Waals surface area contributed by atoms with Crippen LogP contribution in [0.15, 0.2) is 72.8 Å². The van der Waals surface area contributed by atoms with Gasteiger partial charge >= 0.3 is 140 Å². The first kappa shape index (κ1) is 19.6. The minimum Gasteiger partial charge on any atom is -1.00 e. The number of halogens is 2. The topological polar surface area (TPSA) is 0 Å². The summed E-state index contributed by atoms with van der Waals surface area (Å²) >= 11 is -2.03. The fourth-order valence-electron chi connectivity index (χ4n) is 3.94. The van der Waals surface area contributed by atoms with Crippen molar-refractivity contribution in [2.24, 2.45) is 0 Å². The molecule has 3 heteroatoms. The van der Waals surface area contributed by atoms with Gasteiger partial charge in [-0.05, 0) is 0 Å². The molecule has 0 aromatic heterocycles. The minimum absolute atomic E-state index is 0. The predicted molar refractivity (Wildman–Crippen MR) is 92.1 cm³/mol. The Hall–Kier alpha value is -0.760. The van der Waals surface area contributed by atoms with E-state index in [9.17, 15) is 0 Å². The molecule has 0 nitrogen and oxygen atoms in total. The van der Waals surface area contributed by atoms with Crippen LogP contribution in [-0.4, -0.2) is 3.26 Å². The van der Waals surface area contributed by atoms with Crippen molar-refractivity contribution in [3.05, 3.63) is 84.0 Å². The van der Waals surface area contributed by atoms with E-state index >= 15 is 0 Å². The molecule has 2 aliphatic carbocycles. The molecule has 0 radical (unpaired) electrons. The van der Waals surface area contributed by atoms with Crippen molar-refractivity contribution in [2.75, 3.05) is 0 Å². The van der Waals surface area contributed by atoms with E-state index in [4.69, 9.17) is 0 Å². The molecule has 0 bridgehead atoms. The van der Waals surface area contributed by atoms with Gasteiger partial charge in [-0.2, -0.15) is 0 Å². The van der Waals surface area contributed by atoms with E-state index in [1.807, 2.05) is 0 Å². The summed E-state index contributed by atoms with van der Waals surface area (Å²) in [4.78, 5) is 0. The maximum absolute atomic E-state index is 2.44. The zero-order valence-corrected chi connectivity index (χ0v) is 18.9. The summed E-state index contributed by atoms with van der Waals surface area (Å²) in [6.07, 6.45) is 9.37. The molecule has 0 amide bonds. The van der Waals surface area contributed by atoms with Crippen molar-refractivity contribution in [1.82, 2.24) is 0 Å². The summed E-state index contributed by atoms with van der Waals surface area (Å²) in [7, 11) is 0. The summed E-state index contributed by atoms with van der Waals surface area (Å²) in [5.41, 5.74) is 6.11. The van der Waals surface area contributed by atoms with Crippen molar-refractivity contribution in [3.63, 3.8) is 0 Å². The van der Waals surface area contributed by atoms with Crippen LogP contribution < -0.4 is 24.8 Å². The number of hydrogen-bond acceptors (Lipinski definition) is 0. The van der Waals surface area contributed by atoms with Gasteiger partial charge in [-0.25, -0.2) is 0 Å². The molecule has 0 N–H and O–H groups in total. The number of benzene rings is 2. The molecular weight excluding hydrogens is 502 g/mol. The van der Waals surface area contributed by atoms with Crippen LogP contribution in [0.3, 0.4) is 0 Å². The normalized spacial score (nSPS) is 14.2. The van der Waals surface area contributed by atoms with Gasteiger partial charge in [0.2, 0.25) is 0 Å². The monoisotopic (exact) mass is 522 g/mol. The first-order valence-corrected chi connectivity index (χ1v) is 13.9. The van der Waals surface area contributed by atoms with Gasteiger partial charge < -0.3 is 24.8 Å². The van der Waals surface area contributed by atoms with Crippen LogP contribution in [0.25, 0.3) is 11.1 Å². The van der Waals surface area contributed by atoms with Gasteiger partial charge in [0, 0.05) is 0 Å². The van der Waals surface area contributed by atoms with E-state index in [0.29, 0.717) is 3.67 Å². The van der Waals surface area contributed by atoms with Crippen LogP contribution in [0.4, 0.5) is 0 Å². The van der Waals surface area contributed by atoms with Crippen LogP contribution in [0.1, 0.15) is 28.6 Å². The molecule has 0 fully saturated rings. The van der Waals surface area contributed by atoms with Crippen molar-refractivity contribution < 1.29 is 45.8 Å². The average Bonchev–Trinajstić information content (AvgIpc) is 3.16. The molecule has 2 aliphatic rings. The van der Waals surface area contributed by atoms with Crippen LogP contribution in [-0.2, 0) is 21.0 Å². The number of hydrogen-bond donors (Lipinski definition) is 0. The van der Waals surface area contributed by atoms with Crippen molar-refractivity contribution in [3.8, 4) is 11.1 Å². The molecule has 122 valence electrons. The summed E-state index contributed by atoms with van der Waals surface area (Å²) in [6.45, 7) is 4.76. The van der Waals surface area contributed by atoms with E-state index in [1.54, 1.807) is 14.4 Å². The quantitative estimate of drug-likeness (QED) is 0.468. The molecule has 0 saturated carbocycles. The largest absolute Gasteiger partial charge is 1.00 e. The third-order valence-electron chi connectivity index (χ3n) is 4.83. The van der Waals surface area contributed by atoms with Crippen LogP contribution in [0, 0.1) is 0 Å². The Morgan fingerprint density at radius 2 is 1.21 bits per heavy atom. The average molecular weight is 522 g/mol. The maximum atomic E-state index is 2.44. The number of rotatable bonds is 2. The van der Waals surface area contributed by atoms with Crippen molar-refractivity contribution in [1.29, 1.82) is 0 Å². The van der Waals surface area contributed by atoms with Crippen molar-refractivity contribution >= 4 is 3.26 Å². The molecule has 0 aliphatic heterocycles. The SMILES string of the molecule is C[C](C)=[Hf+2]([CH]1C=CC=C1)[CH]1c2ccccc2-c2ccccc21.[Cl-].[Cl-]. The minimum atomic E-state index is -2.03. The Morgan fingerprint density at radius 3 is 1.67 bits per heavy atom. The second kappa shape index (κ2) is 8.08. The fraction of sp³-hybridized carbons (Fsp3) is 0.190. The van der Waals surface area contributed by atoms with E-state index in [2.05, 4.69) is 86.7 Å². The second-order valence-corrected chi connectivity index (χ2v) is 17.7. The molecule has 24 heavy (non-hydrogen) atoms. The first-order chi connectivity index (χ1) is 10.8. The Morgan fingerprint density at radius 1 is 0.750 bits per heavy atom. The van der Waals surface area contributed by atoms with Gasteiger partial charge in [-0.1, -0.05) is 0 Å². The van der Waals surface area contributed by atoms with E-state index in [0.717, 1.165) is 3.67 Å². The zero-order valence-electron chi connectivity index (χ0n) is 13.8. The van der Waals surface area contributed by atoms with Gasteiger partial charge in [0.25, 0.3) is 0 Å². The number of fused-ring (bicyclic) bond motifs is 3. The molecule has 0 unspecified atom stereocenters. The van der Waals surface area contributed by atoms with Crippen LogP contribution in [0.5, 0.6) is 0 Å². The molecule has 4 rings (SSSR count). The third kappa shape index (κ3) is 3.19. The smallest absolute Gasteiger partial charge is 1.00 e. The molecule has 0 spiro atoms. The summed E-state index contributed by atoms with van der Waals surface area (Å²) in [5.74, 6) is 0. The predicted octanol–water partition coefficient (Wildman–Crippen LogP) is -0.491. The van der Waals surface area contributed by atoms with Gasteiger partial charge in [0.1, 0.15) is 0 Å². The van der Waals surface area contributed by atoms with E-state index in [-0.39, 0.29) is 24.8 Å². The fourth-order valence-corrected chi connectivity index (χ4v) is 16.3. The Kier molecular flexibility index (Phi) is 6.59. The van der Waals surface area contributed by atoms with E-state index in [1.165, 1.54) is 11.1 Å². The molecule has 2 aromatic carbocycles. The van der Waals surface area contributed by atoms with E-state index < -0.39 is 21.0 Å². The Labute approximate surface area is 164 Å². The van der Waals surface area contributed by atoms with Gasteiger partial charge in [-0.3, -0.25) is 0 Å². The Balaban J connectivity index is 0.00000104. The summed E-state index contributed by atoms with van der Waals surface area (Å²) in [6, 6.07) is 18.2. The van der Waals surface area contributed by atoms with Gasteiger partial charge in [-0.15, -0.1) is 0 Å². The summed E-state index contributed by atoms with van der Waals surface area (Å²) < 4.78 is 3.13. The molecule has 0 atom stereocenters. The summed E-state index contributed by atoms with van der Waals surface area (Å²) in [5, 5.41) is 0. The molecular formula is C21H20Cl2Hf. The third-order valence-corrected chi connectivity index (χ3v) is 17.4. The number of allylic oxidation sites excluding steroid dienone is 4. The van der Waals surface area contributed by atoms with Crippen LogP contribution in [0.2, 0.25) is 3.67 Å². The second-order valence-electron chi connectivity index (χ2n) is 6.36. The van der Waals surface area contributed by atoms with Crippen molar-refractivity contribution in [2.45, 2.75) is 21.2 Å². The molecule has 0 saturated heterocycles. The maximum Gasteiger partial charge on any atom is -1.00 e. The first-order valence-electron chi connectivity index (χ1n) is 7.98. The molecule has 2 aromatic rings. The van der Waals surface area contributed by atoms with Gasteiger partial charge in [0.05, 0.1) is 0 Å².